The Labute approximate surface area is 215 Å². The third-order valence-electron chi connectivity index (χ3n) is 6.55. The van der Waals surface area contributed by atoms with Gasteiger partial charge >= 0.3 is 0 Å². The van der Waals surface area contributed by atoms with Crippen LogP contribution >= 0.6 is 22.6 Å². The Bertz CT molecular complexity index is 1110. The number of hydrogen-bond donors (Lipinski definition) is 0. The molecule has 0 radical (unpaired) electrons. The zero-order chi connectivity index (χ0) is 24.8. The molecule has 5 nitrogen and oxygen atoms in total. The average molecular weight is 574 g/mol. The highest BCUT2D eigenvalue weighted by atomic mass is 127. The first-order valence-electron chi connectivity index (χ1n) is 11.7. The lowest BCUT2D eigenvalue weighted by atomic mass is 9.65. The van der Waals surface area contributed by atoms with E-state index in [1.165, 1.54) is 0 Å². The topological polar surface area (TPSA) is 61.8 Å². The van der Waals surface area contributed by atoms with Crippen molar-refractivity contribution in [3.8, 4) is 23.8 Å². The Morgan fingerprint density at radius 3 is 2.06 bits per heavy atom. The molecular formula is C28H31IO5. The highest BCUT2D eigenvalue weighted by molar-refractivity contribution is 14.1. The molecule has 34 heavy (non-hydrogen) atoms. The standard InChI is InChI=1S/C28H31IO5/c1-7-9-33-26-17(29)10-16(11-20(26)32-8-2)23-24-18(30)12-27(3,4)14-21(24)34-22-15-28(5,6)13-19(31)25(22)23/h1,10-11,23H,8-9,12-15H2,2-6H3. The molecule has 4 rings (SSSR count). The van der Waals surface area contributed by atoms with Crippen molar-refractivity contribution in [1.82, 2.24) is 0 Å². The van der Waals surface area contributed by atoms with Crippen LogP contribution in [0.5, 0.6) is 11.5 Å². The number of ketones is 2. The predicted octanol–water partition coefficient (Wildman–Crippen LogP) is 6.10. The Hall–Kier alpha value is -2.27. The van der Waals surface area contributed by atoms with E-state index >= 15 is 0 Å². The third kappa shape index (κ3) is 4.64. The summed E-state index contributed by atoms with van der Waals surface area (Å²) in [7, 11) is 0. The van der Waals surface area contributed by atoms with Gasteiger partial charge in [-0.2, -0.15) is 0 Å². The summed E-state index contributed by atoms with van der Waals surface area (Å²) in [4.78, 5) is 27.0. The van der Waals surface area contributed by atoms with Gasteiger partial charge in [-0.25, -0.2) is 0 Å². The lowest BCUT2D eigenvalue weighted by Crippen LogP contribution is -2.37. The van der Waals surface area contributed by atoms with E-state index in [1.54, 1.807) is 0 Å². The Morgan fingerprint density at radius 2 is 1.56 bits per heavy atom. The molecule has 0 N–H and O–H groups in total. The van der Waals surface area contributed by atoms with Crippen LogP contribution in [0.4, 0.5) is 0 Å². The van der Waals surface area contributed by atoms with E-state index in [0.29, 0.717) is 66.5 Å². The number of terminal acetylenes is 1. The zero-order valence-electron chi connectivity index (χ0n) is 20.5. The smallest absolute Gasteiger partial charge is 0.175 e. The summed E-state index contributed by atoms with van der Waals surface area (Å²) in [5.74, 6) is 4.65. The van der Waals surface area contributed by atoms with Crippen molar-refractivity contribution in [2.24, 2.45) is 10.8 Å². The molecule has 1 aliphatic heterocycles. The van der Waals surface area contributed by atoms with E-state index < -0.39 is 5.92 Å². The van der Waals surface area contributed by atoms with Crippen LogP contribution in [0, 0.1) is 26.7 Å². The molecule has 1 aromatic rings. The van der Waals surface area contributed by atoms with E-state index in [2.05, 4.69) is 56.2 Å². The van der Waals surface area contributed by atoms with E-state index in [9.17, 15) is 9.59 Å². The summed E-state index contributed by atoms with van der Waals surface area (Å²) in [5, 5.41) is 0. The molecule has 0 saturated heterocycles. The number of Topliss-reactive ketones (excluding diaryl/α,β-unsaturated/α-hetero) is 2. The maximum Gasteiger partial charge on any atom is 0.175 e. The van der Waals surface area contributed by atoms with Gasteiger partial charge in [0.2, 0.25) is 0 Å². The van der Waals surface area contributed by atoms with Crippen LogP contribution in [0.25, 0.3) is 0 Å². The fourth-order valence-corrected chi connectivity index (χ4v) is 6.06. The molecule has 0 aromatic heterocycles. The van der Waals surface area contributed by atoms with Crippen LogP contribution in [0.1, 0.15) is 71.8 Å². The summed E-state index contributed by atoms with van der Waals surface area (Å²) in [5.41, 5.74) is 1.68. The van der Waals surface area contributed by atoms with Crippen molar-refractivity contribution in [2.45, 2.75) is 66.2 Å². The van der Waals surface area contributed by atoms with Gasteiger partial charge in [0, 0.05) is 42.7 Å². The first-order chi connectivity index (χ1) is 16.0. The molecule has 0 unspecified atom stereocenters. The van der Waals surface area contributed by atoms with E-state index in [-0.39, 0.29) is 29.0 Å². The van der Waals surface area contributed by atoms with Gasteiger partial charge in [0.15, 0.2) is 23.1 Å². The Morgan fingerprint density at radius 1 is 1.00 bits per heavy atom. The fraction of sp³-hybridized carbons (Fsp3) is 0.500. The number of allylic oxidation sites excluding steroid dienone is 4. The summed E-state index contributed by atoms with van der Waals surface area (Å²) < 4.78 is 18.9. The minimum absolute atomic E-state index is 0.0426. The molecule has 3 aliphatic rings. The molecule has 2 aliphatic carbocycles. The first kappa shape index (κ1) is 24.8. The van der Waals surface area contributed by atoms with Crippen molar-refractivity contribution < 1.29 is 23.8 Å². The van der Waals surface area contributed by atoms with Crippen molar-refractivity contribution in [3.05, 3.63) is 43.9 Å². The number of rotatable bonds is 5. The maximum absolute atomic E-state index is 13.5. The first-order valence-corrected chi connectivity index (χ1v) is 12.8. The molecule has 0 atom stereocenters. The van der Waals surface area contributed by atoms with Crippen LogP contribution < -0.4 is 9.47 Å². The van der Waals surface area contributed by atoms with Crippen molar-refractivity contribution >= 4 is 34.2 Å². The van der Waals surface area contributed by atoms with Crippen LogP contribution in [0.3, 0.4) is 0 Å². The second-order valence-corrected chi connectivity index (χ2v) is 12.0. The molecule has 180 valence electrons. The third-order valence-corrected chi connectivity index (χ3v) is 7.35. The second kappa shape index (κ2) is 9.07. The molecule has 6 heteroatoms. The highest BCUT2D eigenvalue weighted by Crippen LogP contribution is 2.54. The van der Waals surface area contributed by atoms with Gasteiger partial charge in [-0.15, -0.1) is 6.42 Å². The van der Waals surface area contributed by atoms with E-state index in [4.69, 9.17) is 20.6 Å². The summed E-state index contributed by atoms with van der Waals surface area (Å²) in [6.45, 7) is 10.8. The van der Waals surface area contributed by atoms with Gasteiger partial charge in [0.25, 0.3) is 0 Å². The largest absolute Gasteiger partial charge is 0.490 e. The fourth-order valence-electron chi connectivity index (χ4n) is 5.28. The zero-order valence-corrected chi connectivity index (χ0v) is 22.6. The molecule has 1 aromatic carbocycles. The average Bonchev–Trinajstić information content (AvgIpc) is 2.70. The van der Waals surface area contributed by atoms with Crippen molar-refractivity contribution in [3.63, 3.8) is 0 Å². The van der Waals surface area contributed by atoms with Crippen molar-refractivity contribution in [1.29, 1.82) is 0 Å². The molecule has 0 saturated carbocycles. The number of carbonyl (C=O) groups excluding carboxylic acids is 2. The van der Waals surface area contributed by atoms with Gasteiger partial charge in [0.1, 0.15) is 18.1 Å². The highest BCUT2D eigenvalue weighted by Gasteiger charge is 2.48. The van der Waals surface area contributed by atoms with Gasteiger partial charge in [-0.05, 0) is 58.0 Å². The second-order valence-electron chi connectivity index (χ2n) is 10.8. The van der Waals surface area contributed by atoms with Gasteiger partial charge in [-0.3, -0.25) is 9.59 Å². The maximum atomic E-state index is 13.5. The summed E-state index contributed by atoms with van der Waals surface area (Å²) in [6.07, 6.45) is 7.57. The van der Waals surface area contributed by atoms with Crippen LogP contribution in [0.2, 0.25) is 0 Å². The summed E-state index contributed by atoms with van der Waals surface area (Å²) in [6, 6.07) is 3.86. The minimum atomic E-state index is -0.472. The Kier molecular flexibility index (Phi) is 6.63. The summed E-state index contributed by atoms with van der Waals surface area (Å²) >= 11 is 2.20. The molecule has 0 bridgehead atoms. The molecule has 0 fully saturated rings. The van der Waals surface area contributed by atoms with Gasteiger partial charge < -0.3 is 14.2 Å². The van der Waals surface area contributed by atoms with Gasteiger partial charge in [0.05, 0.1) is 10.2 Å². The Balaban J connectivity index is 1.92. The molecule has 1 heterocycles. The lowest BCUT2D eigenvalue weighted by molar-refractivity contribution is -0.120. The van der Waals surface area contributed by atoms with E-state index in [1.807, 2.05) is 19.1 Å². The molecule has 0 amide bonds. The SMILES string of the molecule is C#CCOc1c(I)cc(C2C3=C(CC(C)(C)CC3=O)OC3=C2C(=O)CC(C)(C)C3)cc1OCC. The van der Waals surface area contributed by atoms with E-state index in [0.717, 1.165) is 9.13 Å². The number of ether oxygens (including phenoxy) is 3. The monoisotopic (exact) mass is 574 g/mol. The normalized spacial score (nSPS) is 21.4. The molecular weight excluding hydrogens is 543 g/mol. The minimum Gasteiger partial charge on any atom is -0.490 e. The van der Waals surface area contributed by atoms with Gasteiger partial charge in [-0.1, -0.05) is 33.6 Å². The number of carbonyl (C=O) groups is 2. The number of benzene rings is 1. The quantitative estimate of drug-likeness (QED) is 0.314. The van der Waals surface area contributed by atoms with Crippen molar-refractivity contribution in [2.75, 3.05) is 13.2 Å². The molecule has 0 spiro atoms. The number of halogens is 1. The van der Waals surface area contributed by atoms with Crippen LogP contribution in [-0.2, 0) is 14.3 Å². The lowest BCUT2D eigenvalue weighted by Gasteiger charge is -2.42. The van der Waals surface area contributed by atoms with Crippen LogP contribution in [0.15, 0.2) is 34.8 Å². The number of hydrogen-bond acceptors (Lipinski definition) is 5. The van der Waals surface area contributed by atoms with Crippen LogP contribution in [-0.4, -0.2) is 24.8 Å². The predicted molar refractivity (Wildman–Crippen MR) is 139 cm³/mol.